The molecule has 0 radical (unpaired) electrons. The second kappa shape index (κ2) is 3.69. The fourth-order valence-electron chi connectivity index (χ4n) is 1.67. The molecule has 0 bridgehead atoms. The normalized spacial score (nSPS) is 10.3. The van der Waals surface area contributed by atoms with Gasteiger partial charge in [-0.3, -0.25) is 0 Å². The molecule has 0 spiro atoms. The number of hydrogen-bond donors (Lipinski definition) is 1. The average Bonchev–Trinajstić information content (AvgIpc) is 2.26. The summed E-state index contributed by atoms with van der Waals surface area (Å²) in [4.78, 5) is 0. The van der Waals surface area contributed by atoms with E-state index in [0.717, 1.165) is 16.5 Å². The monoisotopic (exact) mass is 204 g/mol. The van der Waals surface area contributed by atoms with Crippen molar-refractivity contribution < 1.29 is 14.6 Å². The zero-order chi connectivity index (χ0) is 10.8. The lowest BCUT2D eigenvalue weighted by Crippen LogP contribution is -1.89. The van der Waals surface area contributed by atoms with E-state index >= 15 is 0 Å². The van der Waals surface area contributed by atoms with E-state index in [2.05, 4.69) is 0 Å². The Labute approximate surface area is 87.9 Å². The molecule has 0 saturated carbocycles. The molecule has 0 fully saturated rings. The average molecular weight is 204 g/mol. The van der Waals surface area contributed by atoms with Crippen LogP contribution in [0.15, 0.2) is 30.3 Å². The first-order valence-electron chi connectivity index (χ1n) is 4.60. The van der Waals surface area contributed by atoms with Gasteiger partial charge >= 0.3 is 0 Å². The van der Waals surface area contributed by atoms with Gasteiger partial charge in [-0.2, -0.15) is 0 Å². The molecule has 2 aromatic carbocycles. The van der Waals surface area contributed by atoms with E-state index in [4.69, 9.17) is 9.47 Å². The smallest absolute Gasteiger partial charge is 0.134 e. The van der Waals surface area contributed by atoms with Gasteiger partial charge in [0.1, 0.15) is 17.2 Å². The van der Waals surface area contributed by atoms with Crippen molar-refractivity contribution in [1.29, 1.82) is 0 Å². The molecule has 78 valence electrons. The van der Waals surface area contributed by atoms with Gasteiger partial charge in [0.15, 0.2) is 0 Å². The molecular formula is C12H12O3. The first kappa shape index (κ1) is 9.65. The van der Waals surface area contributed by atoms with Crippen LogP contribution in [0.4, 0.5) is 0 Å². The highest BCUT2D eigenvalue weighted by molar-refractivity contribution is 5.94. The molecule has 0 heterocycles. The van der Waals surface area contributed by atoms with Gasteiger partial charge in [-0.05, 0) is 17.5 Å². The molecule has 1 N–H and O–H groups in total. The van der Waals surface area contributed by atoms with Crippen molar-refractivity contribution in [3.63, 3.8) is 0 Å². The van der Waals surface area contributed by atoms with Crippen LogP contribution < -0.4 is 9.47 Å². The predicted molar refractivity (Wildman–Crippen MR) is 58.7 cm³/mol. The van der Waals surface area contributed by atoms with Gasteiger partial charge in [0.05, 0.1) is 19.6 Å². The van der Waals surface area contributed by atoms with Gasteiger partial charge in [-0.1, -0.05) is 12.1 Å². The topological polar surface area (TPSA) is 38.7 Å². The summed E-state index contributed by atoms with van der Waals surface area (Å²) in [6.45, 7) is 0. The summed E-state index contributed by atoms with van der Waals surface area (Å²) < 4.78 is 10.5. The Morgan fingerprint density at radius 1 is 1.00 bits per heavy atom. The number of rotatable bonds is 2. The molecule has 3 nitrogen and oxygen atoms in total. The zero-order valence-corrected chi connectivity index (χ0v) is 8.65. The third kappa shape index (κ3) is 1.56. The summed E-state index contributed by atoms with van der Waals surface area (Å²) in [7, 11) is 3.18. The van der Waals surface area contributed by atoms with Crippen LogP contribution in [0, 0.1) is 0 Å². The molecule has 0 aromatic heterocycles. The first-order chi connectivity index (χ1) is 7.26. The van der Waals surface area contributed by atoms with E-state index in [0.29, 0.717) is 5.75 Å². The van der Waals surface area contributed by atoms with E-state index in [1.165, 1.54) is 0 Å². The number of ether oxygens (including phenoxy) is 2. The minimum Gasteiger partial charge on any atom is -0.508 e. The van der Waals surface area contributed by atoms with Crippen molar-refractivity contribution in [3.05, 3.63) is 30.3 Å². The number of benzene rings is 2. The van der Waals surface area contributed by atoms with Crippen LogP contribution in [0.3, 0.4) is 0 Å². The van der Waals surface area contributed by atoms with Crippen LogP contribution >= 0.6 is 0 Å². The largest absolute Gasteiger partial charge is 0.508 e. The van der Waals surface area contributed by atoms with Crippen molar-refractivity contribution in [3.8, 4) is 17.2 Å². The molecule has 3 heteroatoms. The molecule has 0 aliphatic rings. The Bertz CT molecular complexity index is 491. The van der Waals surface area contributed by atoms with E-state index in [1.807, 2.05) is 18.2 Å². The second-order valence-corrected chi connectivity index (χ2v) is 3.21. The summed E-state index contributed by atoms with van der Waals surface area (Å²) in [5, 5.41) is 11.3. The molecule has 0 unspecified atom stereocenters. The van der Waals surface area contributed by atoms with Crippen molar-refractivity contribution in [2.75, 3.05) is 14.2 Å². The first-order valence-corrected chi connectivity index (χ1v) is 4.60. The van der Waals surface area contributed by atoms with Gasteiger partial charge in [-0.15, -0.1) is 0 Å². The fraction of sp³-hybridized carbons (Fsp3) is 0.167. The number of aromatic hydroxyl groups is 1. The van der Waals surface area contributed by atoms with Crippen molar-refractivity contribution in [2.24, 2.45) is 0 Å². The molecule has 0 saturated heterocycles. The Balaban J connectivity index is 2.84. The molecule has 0 atom stereocenters. The second-order valence-electron chi connectivity index (χ2n) is 3.21. The molecular weight excluding hydrogens is 192 g/mol. The van der Waals surface area contributed by atoms with E-state index in [9.17, 15) is 5.11 Å². The van der Waals surface area contributed by atoms with Gasteiger partial charge in [0.25, 0.3) is 0 Å². The lowest BCUT2D eigenvalue weighted by Gasteiger charge is -2.10. The van der Waals surface area contributed by atoms with Crippen molar-refractivity contribution >= 4 is 10.8 Å². The predicted octanol–water partition coefficient (Wildman–Crippen LogP) is 2.56. The van der Waals surface area contributed by atoms with Gasteiger partial charge in [0, 0.05) is 6.07 Å². The van der Waals surface area contributed by atoms with Crippen LogP contribution in [0.25, 0.3) is 10.8 Å². The van der Waals surface area contributed by atoms with Crippen molar-refractivity contribution in [1.82, 2.24) is 0 Å². The van der Waals surface area contributed by atoms with Gasteiger partial charge < -0.3 is 14.6 Å². The lowest BCUT2D eigenvalue weighted by molar-refractivity contribution is 0.401. The Morgan fingerprint density at radius 2 is 1.73 bits per heavy atom. The van der Waals surface area contributed by atoms with Crippen molar-refractivity contribution in [2.45, 2.75) is 0 Å². The van der Waals surface area contributed by atoms with Crippen LogP contribution in [0.2, 0.25) is 0 Å². The summed E-state index contributed by atoms with van der Waals surface area (Å²) >= 11 is 0. The van der Waals surface area contributed by atoms with E-state index in [1.54, 1.807) is 26.4 Å². The minimum absolute atomic E-state index is 0.188. The summed E-state index contributed by atoms with van der Waals surface area (Å²) in [6.07, 6.45) is 0. The molecule has 0 aliphatic heterocycles. The lowest BCUT2D eigenvalue weighted by atomic mass is 10.1. The van der Waals surface area contributed by atoms with E-state index in [-0.39, 0.29) is 5.75 Å². The Kier molecular flexibility index (Phi) is 2.37. The zero-order valence-electron chi connectivity index (χ0n) is 8.65. The highest BCUT2D eigenvalue weighted by atomic mass is 16.5. The summed E-state index contributed by atoms with van der Waals surface area (Å²) in [6, 6.07) is 8.90. The fourth-order valence-corrected chi connectivity index (χ4v) is 1.67. The maximum Gasteiger partial charge on any atom is 0.134 e. The molecule has 2 aromatic rings. The number of hydrogen-bond acceptors (Lipinski definition) is 3. The van der Waals surface area contributed by atoms with Gasteiger partial charge in [0.2, 0.25) is 0 Å². The van der Waals surface area contributed by atoms with Crippen LogP contribution in [0.1, 0.15) is 0 Å². The van der Waals surface area contributed by atoms with Crippen LogP contribution in [0.5, 0.6) is 17.2 Å². The molecule has 0 amide bonds. The minimum atomic E-state index is 0.188. The number of methoxy groups -OCH3 is 2. The highest BCUT2D eigenvalue weighted by Crippen LogP contribution is 2.36. The quantitative estimate of drug-likeness (QED) is 0.817. The third-order valence-electron chi connectivity index (χ3n) is 2.33. The standard InChI is InChI=1S/C12H12O3/c1-14-10-5-3-4-8-6-9(13)7-11(15-2)12(8)10/h3-7,13H,1-2H3. The molecule has 0 aliphatic carbocycles. The Hall–Kier alpha value is -1.90. The van der Waals surface area contributed by atoms with Crippen LogP contribution in [-0.4, -0.2) is 19.3 Å². The molecule has 15 heavy (non-hydrogen) atoms. The maximum absolute atomic E-state index is 9.48. The number of phenols is 1. The highest BCUT2D eigenvalue weighted by Gasteiger charge is 2.08. The Morgan fingerprint density at radius 3 is 2.40 bits per heavy atom. The van der Waals surface area contributed by atoms with Gasteiger partial charge in [-0.25, -0.2) is 0 Å². The summed E-state index contributed by atoms with van der Waals surface area (Å²) in [5.41, 5.74) is 0. The third-order valence-corrected chi connectivity index (χ3v) is 2.33. The summed E-state index contributed by atoms with van der Waals surface area (Å²) in [5.74, 6) is 1.54. The molecule has 2 rings (SSSR count). The van der Waals surface area contributed by atoms with Crippen LogP contribution in [-0.2, 0) is 0 Å². The number of phenolic OH excluding ortho intramolecular Hbond substituents is 1. The SMILES string of the molecule is COc1cccc2cc(O)cc(OC)c12. The number of fused-ring (bicyclic) bond motifs is 1. The maximum atomic E-state index is 9.48. The van der Waals surface area contributed by atoms with E-state index < -0.39 is 0 Å².